The van der Waals surface area contributed by atoms with Crippen LogP contribution in [-0.2, 0) is 0 Å². The van der Waals surface area contributed by atoms with Gasteiger partial charge in [-0.2, -0.15) is 5.10 Å². The summed E-state index contributed by atoms with van der Waals surface area (Å²) in [6.07, 6.45) is 1.77. The molecule has 0 atom stereocenters. The van der Waals surface area contributed by atoms with Gasteiger partial charge in [-0.1, -0.05) is 0 Å². The van der Waals surface area contributed by atoms with Crippen LogP contribution in [0.1, 0.15) is 10.4 Å². The van der Waals surface area contributed by atoms with Crippen LogP contribution in [0, 0.1) is 0 Å². The van der Waals surface area contributed by atoms with E-state index in [1.54, 1.807) is 29.1 Å². The minimum Gasteiger partial charge on any atom is -0.399 e. The number of benzene rings is 2. The van der Waals surface area contributed by atoms with Gasteiger partial charge in [0.25, 0.3) is 0 Å². The van der Waals surface area contributed by atoms with Gasteiger partial charge in [-0.3, -0.25) is 4.79 Å². The van der Waals surface area contributed by atoms with E-state index in [0.717, 1.165) is 21.1 Å². The number of carbonyl (C=O) groups is 1. The summed E-state index contributed by atoms with van der Waals surface area (Å²) in [5.41, 5.74) is 13.9. The first-order chi connectivity index (χ1) is 9.56. The summed E-state index contributed by atoms with van der Waals surface area (Å²) >= 11 is 3.44. The quantitative estimate of drug-likeness (QED) is 0.707. The van der Waals surface area contributed by atoms with Crippen LogP contribution >= 0.6 is 15.9 Å². The van der Waals surface area contributed by atoms with Gasteiger partial charge >= 0.3 is 0 Å². The number of nitrogen functional groups attached to an aromatic ring is 1. The molecule has 1 amide bonds. The van der Waals surface area contributed by atoms with Crippen molar-refractivity contribution in [2.24, 2.45) is 5.73 Å². The minimum atomic E-state index is -0.466. The Morgan fingerprint density at radius 3 is 2.70 bits per heavy atom. The summed E-state index contributed by atoms with van der Waals surface area (Å²) in [6.45, 7) is 0. The molecule has 100 valence electrons. The molecule has 1 aromatic heterocycles. The van der Waals surface area contributed by atoms with Gasteiger partial charge in [-0.05, 0) is 52.3 Å². The average molecular weight is 331 g/mol. The molecule has 0 radical (unpaired) electrons. The molecule has 0 spiro atoms. The molecule has 0 saturated carbocycles. The monoisotopic (exact) mass is 330 g/mol. The maximum absolute atomic E-state index is 11.2. The minimum absolute atomic E-state index is 0.441. The fourth-order valence-electron chi connectivity index (χ4n) is 2.06. The SMILES string of the molecule is NC(=O)c1ccc(-n2ncc3ccc(N)cc32)c(Br)c1. The fraction of sp³-hybridized carbons (Fsp3) is 0. The summed E-state index contributed by atoms with van der Waals surface area (Å²) in [5.74, 6) is -0.466. The number of hydrogen-bond donors (Lipinski definition) is 2. The molecule has 3 rings (SSSR count). The second kappa shape index (κ2) is 4.64. The third kappa shape index (κ3) is 2.04. The van der Waals surface area contributed by atoms with E-state index in [4.69, 9.17) is 11.5 Å². The van der Waals surface area contributed by atoms with Crippen molar-refractivity contribution in [1.82, 2.24) is 9.78 Å². The third-order valence-electron chi connectivity index (χ3n) is 3.06. The highest BCUT2D eigenvalue weighted by molar-refractivity contribution is 9.10. The first kappa shape index (κ1) is 12.7. The highest BCUT2D eigenvalue weighted by Crippen LogP contribution is 2.26. The molecule has 4 N–H and O–H groups in total. The first-order valence-corrected chi connectivity index (χ1v) is 6.68. The molecule has 0 unspecified atom stereocenters. The maximum Gasteiger partial charge on any atom is 0.248 e. The van der Waals surface area contributed by atoms with Crippen molar-refractivity contribution in [2.45, 2.75) is 0 Å². The van der Waals surface area contributed by atoms with E-state index in [9.17, 15) is 4.79 Å². The van der Waals surface area contributed by atoms with Gasteiger partial charge in [0.05, 0.1) is 17.4 Å². The Labute approximate surface area is 123 Å². The number of hydrogen-bond acceptors (Lipinski definition) is 3. The van der Waals surface area contributed by atoms with E-state index >= 15 is 0 Å². The highest BCUT2D eigenvalue weighted by Gasteiger charge is 2.10. The summed E-state index contributed by atoms with van der Waals surface area (Å²) in [5, 5.41) is 5.35. The molecule has 3 aromatic rings. The van der Waals surface area contributed by atoms with E-state index < -0.39 is 5.91 Å². The van der Waals surface area contributed by atoms with Gasteiger partial charge in [0.15, 0.2) is 0 Å². The standard InChI is InChI=1S/C14H11BrN4O/c15-11-5-8(14(17)20)2-4-12(11)19-13-6-10(16)3-1-9(13)7-18-19/h1-7H,16H2,(H2,17,20). The second-order valence-electron chi connectivity index (χ2n) is 4.41. The van der Waals surface area contributed by atoms with E-state index in [0.29, 0.717) is 11.3 Å². The number of rotatable bonds is 2. The second-order valence-corrected chi connectivity index (χ2v) is 5.26. The number of fused-ring (bicyclic) bond motifs is 1. The van der Waals surface area contributed by atoms with E-state index in [1.165, 1.54) is 0 Å². The zero-order valence-corrected chi connectivity index (χ0v) is 12.0. The van der Waals surface area contributed by atoms with Crippen molar-refractivity contribution >= 4 is 38.4 Å². The molecule has 0 aliphatic rings. The van der Waals surface area contributed by atoms with Crippen LogP contribution in [0.5, 0.6) is 0 Å². The van der Waals surface area contributed by atoms with Gasteiger partial charge in [0.2, 0.25) is 5.91 Å². The summed E-state index contributed by atoms with van der Waals surface area (Å²) in [7, 11) is 0. The third-order valence-corrected chi connectivity index (χ3v) is 3.69. The molecular weight excluding hydrogens is 320 g/mol. The Hall–Kier alpha value is -2.34. The van der Waals surface area contributed by atoms with Crippen LogP contribution in [0.3, 0.4) is 0 Å². The predicted molar refractivity (Wildman–Crippen MR) is 81.7 cm³/mol. The lowest BCUT2D eigenvalue weighted by Gasteiger charge is -2.08. The van der Waals surface area contributed by atoms with Crippen molar-refractivity contribution in [2.75, 3.05) is 5.73 Å². The van der Waals surface area contributed by atoms with Gasteiger partial charge in [0, 0.05) is 21.1 Å². The Morgan fingerprint density at radius 1 is 1.20 bits per heavy atom. The molecular formula is C14H11BrN4O. The maximum atomic E-state index is 11.2. The lowest BCUT2D eigenvalue weighted by molar-refractivity contribution is 0.100. The number of primary amides is 1. The van der Waals surface area contributed by atoms with Gasteiger partial charge in [0.1, 0.15) is 0 Å². The normalized spacial score (nSPS) is 10.8. The largest absolute Gasteiger partial charge is 0.399 e. The van der Waals surface area contributed by atoms with Gasteiger partial charge in [-0.15, -0.1) is 0 Å². The van der Waals surface area contributed by atoms with Crippen molar-refractivity contribution in [3.05, 3.63) is 52.6 Å². The molecule has 0 saturated heterocycles. The van der Waals surface area contributed by atoms with Gasteiger partial charge < -0.3 is 11.5 Å². The number of anilines is 1. The zero-order chi connectivity index (χ0) is 14.3. The lowest BCUT2D eigenvalue weighted by Crippen LogP contribution is -2.11. The highest BCUT2D eigenvalue weighted by atomic mass is 79.9. The predicted octanol–water partition coefficient (Wildman–Crippen LogP) is 2.47. The molecule has 0 aliphatic heterocycles. The molecule has 20 heavy (non-hydrogen) atoms. The Morgan fingerprint density at radius 2 is 2.00 bits per heavy atom. The number of amides is 1. The summed E-state index contributed by atoms with van der Waals surface area (Å²) < 4.78 is 2.50. The average Bonchev–Trinajstić information content (AvgIpc) is 2.81. The van der Waals surface area contributed by atoms with Crippen LogP contribution in [0.2, 0.25) is 0 Å². The van der Waals surface area contributed by atoms with Crippen LogP contribution in [0.4, 0.5) is 5.69 Å². The molecule has 1 heterocycles. The Bertz CT molecular complexity index is 825. The van der Waals surface area contributed by atoms with Crippen molar-refractivity contribution in [1.29, 1.82) is 0 Å². The fourth-order valence-corrected chi connectivity index (χ4v) is 2.61. The van der Waals surface area contributed by atoms with Gasteiger partial charge in [-0.25, -0.2) is 4.68 Å². The number of carbonyl (C=O) groups excluding carboxylic acids is 1. The van der Waals surface area contributed by atoms with Crippen molar-refractivity contribution < 1.29 is 4.79 Å². The molecule has 2 aromatic carbocycles. The van der Waals surface area contributed by atoms with Crippen LogP contribution in [-0.4, -0.2) is 15.7 Å². The van der Waals surface area contributed by atoms with E-state index in [2.05, 4.69) is 21.0 Å². The Kier molecular flexibility index (Phi) is 2.94. The summed E-state index contributed by atoms with van der Waals surface area (Å²) in [6, 6.07) is 10.7. The number of nitrogens with two attached hydrogens (primary N) is 2. The van der Waals surface area contributed by atoms with E-state index in [1.807, 2.05) is 18.2 Å². The molecule has 6 heteroatoms. The van der Waals surface area contributed by atoms with Crippen LogP contribution < -0.4 is 11.5 Å². The van der Waals surface area contributed by atoms with E-state index in [-0.39, 0.29) is 0 Å². The van der Waals surface area contributed by atoms with Crippen LogP contribution in [0.15, 0.2) is 47.1 Å². The smallest absolute Gasteiger partial charge is 0.248 e. The molecule has 0 aliphatic carbocycles. The number of halogens is 1. The zero-order valence-electron chi connectivity index (χ0n) is 10.4. The molecule has 0 fully saturated rings. The van der Waals surface area contributed by atoms with Crippen molar-refractivity contribution in [3.63, 3.8) is 0 Å². The topological polar surface area (TPSA) is 86.9 Å². The number of aromatic nitrogens is 2. The van der Waals surface area contributed by atoms with Crippen molar-refractivity contribution in [3.8, 4) is 5.69 Å². The number of nitrogens with zero attached hydrogens (tertiary/aromatic N) is 2. The Balaban J connectivity index is 2.20. The first-order valence-electron chi connectivity index (χ1n) is 5.89. The van der Waals surface area contributed by atoms with Crippen LogP contribution in [0.25, 0.3) is 16.6 Å². The summed E-state index contributed by atoms with van der Waals surface area (Å²) in [4.78, 5) is 11.2. The molecule has 5 nitrogen and oxygen atoms in total. The molecule has 0 bridgehead atoms. The lowest BCUT2D eigenvalue weighted by atomic mass is 10.2.